The van der Waals surface area contributed by atoms with E-state index in [-0.39, 0.29) is 17.9 Å². The lowest BCUT2D eigenvalue weighted by molar-refractivity contribution is -0.135. The van der Waals surface area contributed by atoms with Gasteiger partial charge in [-0.3, -0.25) is 9.69 Å². The summed E-state index contributed by atoms with van der Waals surface area (Å²) in [6, 6.07) is 14.3. The molecule has 0 radical (unpaired) electrons. The molecule has 6 heteroatoms. The Morgan fingerprint density at radius 2 is 2.03 bits per heavy atom. The third-order valence-electron chi connectivity index (χ3n) is 5.82. The second-order valence-electron chi connectivity index (χ2n) is 7.95. The molecule has 150 valence electrons. The molecular formula is C23H25N3O3. The molecule has 1 aliphatic heterocycles. The maximum Gasteiger partial charge on any atom is 0.314 e. The smallest absolute Gasteiger partial charge is 0.314 e. The molecule has 0 bridgehead atoms. The van der Waals surface area contributed by atoms with Gasteiger partial charge in [-0.1, -0.05) is 18.2 Å². The number of likely N-dealkylation sites (tertiary alicyclic amines) is 1. The molecule has 2 fully saturated rings. The maximum atomic E-state index is 12.0. The molecule has 1 N–H and O–H groups in total. The van der Waals surface area contributed by atoms with Crippen LogP contribution < -0.4 is 9.47 Å². The molecule has 3 aromatic rings. The molecule has 1 aliphatic carbocycles. The van der Waals surface area contributed by atoms with Crippen LogP contribution in [-0.2, 0) is 11.3 Å². The number of methoxy groups -OCH3 is 1. The van der Waals surface area contributed by atoms with Crippen LogP contribution in [0.1, 0.15) is 43.1 Å². The van der Waals surface area contributed by atoms with Crippen molar-refractivity contribution in [3.05, 3.63) is 53.9 Å². The number of esters is 1. The van der Waals surface area contributed by atoms with Crippen LogP contribution in [0.3, 0.4) is 0 Å². The molecule has 2 aliphatic rings. The highest BCUT2D eigenvalue weighted by Gasteiger charge is 2.32. The highest BCUT2D eigenvalue weighted by Crippen LogP contribution is 2.36. The molecule has 2 aromatic carbocycles. The molecule has 0 amide bonds. The molecule has 1 saturated heterocycles. The van der Waals surface area contributed by atoms with E-state index < -0.39 is 0 Å². The van der Waals surface area contributed by atoms with E-state index in [1.807, 2.05) is 36.4 Å². The fraction of sp³-hybridized carbons (Fsp3) is 0.391. The number of rotatable bonds is 6. The fourth-order valence-electron chi connectivity index (χ4n) is 4.10. The highest BCUT2D eigenvalue weighted by atomic mass is 16.6. The van der Waals surface area contributed by atoms with Crippen molar-refractivity contribution in [2.45, 2.75) is 38.3 Å². The monoisotopic (exact) mass is 391 g/mol. The summed E-state index contributed by atoms with van der Waals surface area (Å²) in [7, 11) is 1.61. The van der Waals surface area contributed by atoms with Gasteiger partial charge in [-0.15, -0.1) is 0 Å². The van der Waals surface area contributed by atoms with Gasteiger partial charge in [0.05, 0.1) is 30.1 Å². The number of ether oxygens (including phenoxy) is 2. The quantitative estimate of drug-likeness (QED) is 0.503. The Morgan fingerprint density at radius 1 is 1.17 bits per heavy atom. The molecule has 0 spiro atoms. The molecule has 1 saturated carbocycles. The number of H-pyrrole nitrogens is 1. The highest BCUT2D eigenvalue weighted by molar-refractivity contribution is 5.78. The van der Waals surface area contributed by atoms with E-state index in [1.54, 1.807) is 7.11 Å². The van der Waals surface area contributed by atoms with Gasteiger partial charge in [0.25, 0.3) is 0 Å². The summed E-state index contributed by atoms with van der Waals surface area (Å²) in [6.07, 6.45) is 4.10. The second-order valence-corrected chi connectivity index (χ2v) is 7.95. The van der Waals surface area contributed by atoms with Crippen LogP contribution in [0.25, 0.3) is 11.0 Å². The van der Waals surface area contributed by atoms with Gasteiger partial charge in [0.2, 0.25) is 0 Å². The molecule has 6 nitrogen and oxygen atoms in total. The largest absolute Gasteiger partial charge is 0.493 e. The van der Waals surface area contributed by atoms with E-state index in [1.165, 1.54) is 0 Å². The number of carbonyl (C=O) groups is 1. The van der Waals surface area contributed by atoms with E-state index in [0.29, 0.717) is 11.5 Å². The number of imidazole rings is 1. The first-order valence-electron chi connectivity index (χ1n) is 10.3. The van der Waals surface area contributed by atoms with Crippen LogP contribution >= 0.6 is 0 Å². The van der Waals surface area contributed by atoms with E-state index in [2.05, 4.69) is 16.0 Å². The predicted molar refractivity (Wildman–Crippen MR) is 110 cm³/mol. The van der Waals surface area contributed by atoms with Gasteiger partial charge in [-0.25, -0.2) is 4.98 Å². The van der Waals surface area contributed by atoms with Gasteiger partial charge in [0, 0.05) is 6.54 Å². The minimum Gasteiger partial charge on any atom is -0.493 e. The van der Waals surface area contributed by atoms with Crippen LogP contribution in [0.2, 0.25) is 0 Å². The van der Waals surface area contributed by atoms with Gasteiger partial charge in [0.1, 0.15) is 5.82 Å². The predicted octanol–water partition coefficient (Wildman–Crippen LogP) is 4.22. The average Bonchev–Trinajstić information content (AvgIpc) is 3.35. The third-order valence-corrected chi connectivity index (χ3v) is 5.82. The summed E-state index contributed by atoms with van der Waals surface area (Å²) in [5.41, 5.74) is 3.23. The molecule has 2 heterocycles. The van der Waals surface area contributed by atoms with E-state index in [0.717, 1.165) is 61.2 Å². The van der Waals surface area contributed by atoms with Crippen molar-refractivity contribution in [2.75, 3.05) is 13.7 Å². The number of fused-ring (bicyclic) bond motifs is 1. The topological polar surface area (TPSA) is 67.4 Å². The summed E-state index contributed by atoms with van der Waals surface area (Å²) < 4.78 is 11.0. The number of aromatic amines is 1. The summed E-state index contributed by atoms with van der Waals surface area (Å²) in [6.45, 7) is 1.83. The van der Waals surface area contributed by atoms with Crippen molar-refractivity contribution < 1.29 is 14.3 Å². The van der Waals surface area contributed by atoms with Crippen LogP contribution in [0, 0.1) is 5.92 Å². The van der Waals surface area contributed by atoms with Gasteiger partial charge in [-0.05, 0) is 62.1 Å². The van der Waals surface area contributed by atoms with Crippen LogP contribution in [0.5, 0.6) is 11.5 Å². The third kappa shape index (κ3) is 3.72. The standard InChI is InChI=1S/C23H25N3O3/c1-28-21-13-15(8-11-20(21)29-23(27)16-9-10-16)14-26-12-4-7-19(26)22-24-17-5-2-3-6-18(17)25-22/h2-3,5-6,8,11,13,16,19H,4,7,9-10,12,14H2,1H3,(H,24,25). The lowest BCUT2D eigenvalue weighted by Crippen LogP contribution is -2.23. The second kappa shape index (κ2) is 7.52. The SMILES string of the molecule is COc1cc(CN2CCCC2c2nc3ccccc3[nH]2)ccc1OC(=O)C1CC1. The summed E-state index contributed by atoms with van der Waals surface area (Å²) in [5, 5.41) is 0. The number of hydrogen-bond acceptors (Lipinski definition) is 5. The Hall–Kier alpha value is -2.86. The molecule has 1 unspecified atom stereocenters. The van der Waals surface area contributed by atoms with Crippen LogP contribution in [0.15, 0.2) is 42.5 Å². The zero-order valence-electron chi connectivity index (χ0n) is 16.6. The van der Waals surface area contributed by atoms with Crippen LogP contribution in [0.4, 0.5) is 0 Å². The molecular weight excluding hydrogens is 366 g/mol. The number of hydrogen-bond donors (Lipinski definition) is 1. The summed E-state index contributed by atoms with van der Waals surface area (Å²) >= 11 is 0. The molecule has 1 atom stereocenters. The van der Waals surface area contributed by atoms with Crippen molar-refractivity contribution in [1.29, 1.82) is 0 Å². The summed E-state index contributed by atoms with van der Waals surface area (Å²) in [5.74, 6) is 2.05. The Bertz CT molecular complexity index is 1010. The zero-order chi connectivity index (χ0) is 19.8. The fourth-order valence-corrected chi connectivity index (χ4v) is 4.10. The van der Waals surface area contributed by atoms with Crippen LogP contribution in [-0.4, -0.2) is 34.5 Å². The van der Waals surface area contributed by atoms with Gasteiger partial charge in [0.15, 0.2) is 11.5 Å². The van der Waals surface area contributed by atoms with Crippen molar-refractivity contribution in [3.63, 3.8) is 0 Å². The number of nitrogens with zero attached hydrogens (tertiary/aromatic N) is 2. The number of benzene rings is 2. The minimum atomic E-state index is -0.152. The minimum absolute atomic E-state index is 0.0635. The Balaban J connectivity index is 1.33. The first kappa shape index (κ1) is 18.2. The van der Waals surface area contributed by atoms with Crippen molar-refractivity contribution in [2.24, 2.45) is 5.92 Å². The maximum absolute atomic E-state index is 12.0. The van der Waals surface area contributed by atoms with Crippen molar-refractivity contribution >= 4 is 17.0 Å². The summed E-state index contributed by atoms with van der Waals surface area (Å²) in [4.78, 5) is 22.7. The Morgan fingerprint density at radius 3 is 2.83 bits per heavy atom. The molecule has 29 heavy (non-hydrogen) atoms. The van der Waals surface area contributed by atoms with Crippen molar-refractivity contribution in [3.8, 4) is 11.5 Å². The molecule has 5 rings (SSSR count). The van der Waals surface area contributed by atoms with Gasteiger partial charge in [-0.2, -0.15) is 0 Å². The number of para-hydroxylation sites is 2. The average molecular weight is 391 g/mol. The first-order chi connectivity index (χ1) is 14.2. The van der Waals surface area contributed by atoms with E-state index >= 15 is 0 Å². The van der Waals surface area contributed by atoms with Gasteiger partial charge < -0.3 is 14.5 Å². The van der Waals surface area contributed by atoms with E-state index in [9.17, 15) is 4.79 Å². The Labute approximate surface area is 169 Å². The molecule has 1 aromatic heterocycles. The normalized spacial score (nSPS) is 19.6. The number of nitrogens with one attached hydrogen (secondary N) is 1. The number of aromatic nitrogens is 2. The van der Waals surface area contributed by atoms with Crippen molar-refractivity contribution in [1.82, 2.24) is 14.9 Å². The Kier molecular flexibility index (Phi) is 4.72. The lowest BCUT2D eigenvalue weighted by Gasteiger charge is -2.23. The van der Waals surface area contributed by atoms with E-state index in [4.69, 9.17) is 14.5 Å². The zero-order valence-corrected chi connectivity index (χ0v) is 16.6. The lowest BCUT2D eigenvalue weighted by atomic mass is 10.1. The van der Waals surface area contributed by atoms with Gasteiger partial charge >= 0.3 is 5.97 Å². The first-order valence-corrected chi connectivity index (χ1v) is 10.3. The number of carbonyl (C=O) groups excluding carboxylic acids is 1.